The molecular formula is C34H52O4Si. The highest BCUT2D eigenvalue weighted by atomic mass is 28.4. The SMILES string of the molecule is CC/C=C\C[C@@H](C/C=C1/C(=O)C=C[C@@H]1C/C=C\CCCCOCc1ccc(OC)cc1)O[Si](C)(C)C(C)(C)C. The first kappa shape index (κ1) is 33.0. The minimum Gasteiger partial charge on any atom is -0.497 e. The van der Waals surface area contributed by atoms with Crippen LogP contribution in [0.25, 0.3) is 0 Å². The van der Waals surface area contributed by atoms with Crippen molar-refractivity contribution in [1.29, 1.82) is 0 Å². The van der Waals surface area contributed by atoms with Crippen LogP contribution in [0.1, 0.15) is 78.2 Å². The van der Waals surface area contributed by atoms with Gasteiger partial charge in [0.1, 0.15) is 5.75 Å². The molecule has 0 spiro atoms. The van der Waals surface area contributed by atoms with Crippen molar-refractivity contribution in [2.75, 3.05) is 13.7 Å². The number of rotatable bonds is 17. The van der Waals surface area contributed by atoms with Gasteiger partial charge in [0.25, 0.3) is 0 Å². The van der Waals surface area contributed by atoms with Crippen LogP contribution in [-0.2, 0) is 20.6 Å². The van der Waals surface area contributed by atoms with Gasteiger partial charge in [0.15, 0.2) is 14.1 Å². The topological polar surface area (TPSA) is 44.8 Å². The predicted molar refractivity (Wildman–Crippen MR) is 167 cm³/mol. The molecule has 4 nitrogen and oxygen atoms in total. The van der Waals surface area contributed by atoms with Gasteiger partial charge in [-0.3, -0.25) is 4.79 Å². The van der Waals surface area contributed by atoms with E-state index in [0.717, 1.165) is 68.4 Å². The molecule has 2 atom stereocenters. The predicted octanol–water partition coefficient (Wildman–Crippen LogP) is 9.15. The summed E-state index contributed by atoms with van der Waals surface area (Å²) in [6, 6.07) is 8.00. The Bertz CT molecular complexity index is 979. The lowest BCUT2D eigenvalue weighted by molar-refractivity contribution is -0.111. The normalized spacial score (nSPS) is 18.2. The fraction of sp³-hybridized carbons (Fsp3) is 0.559. The lowest BCUT2D eigenvalue weighted by Crippen LogP contribution is -2.43. The Morgan fingerprint density at radius 1 is 1.00 bits per heavy atom. The molecule has 39 heavy (non-hydrogen) atoms. The van der Waals surface area contributed by atoms with Crippen LogP contribution in [-0.4, -0.2) is 33.9 Å². The summed E-state index contributed by atoms with van der Waals surface area (Å²) >= 11 is 0. The zero-order chi connectivity index (χ0) is 28.7. The maximum Gasteiger partial charge on any atom is 0.192 e. The van der Waals surface area contributed by atoms with Crippen LogP contribution >= 0.6 is 0 Å². The maximum atomic E-state index is 12.6. The van der Waals surface area contributed by atoms with Crippen LogP contribution in [0.5, 0.6) is 5.75 Å². The number of allylic oxidation sites excluding steroid dienone is 6. The highest BCUT2D eigenvalue weighted by molar-refractivity contribution is 6.74. The lowest BCUT2D eigenvalue weighted by atomic mass is 9.96. The van der Waals surface area contributed by atoms with E-state index >= 15 is 0 Å². The molecule has 1 aliphatic rings. The van der Waals surface area contributed by atoms with Gasteiger partial charge in [-0.2, -0.15) is 0 Å². The van der Waals surface area contributed by atoms with Gasteiger partial charge in [-0.25, -0.2) is 0 Å². The quantitative estimate of drug-likeness (QED) is 0.0836. The number of hydrogen-bond donors (Lipinski definition) is 0. The Morgan fingerprint density at radius 2 is 1.74 bits per heavy atom. The highest BCUT2D eigenvalue weighted by Crippen LogP contribution is 2.38. The van der Waals surface area contributed by atoms with Gasteiger partial charge in [0, 0.05) is 18.1 Å². The fourth-order valence-electron chi connectivity index (χ4n) is 4.24. The Hall–Kier alpha value is -2.21. The molecule has 1 aromatic rings. The minimum absolute atomic E-state index is 0.109. The summed E-state index contributed by atoms with van der Waals surface area (Å²) in [7, 11) is -0.215. The van der Waals surface area contributed by atoms with E-state index in [4.69, 9.17) is 13.9 Å². The van der Waals surface area contributed by atoms with Gasteiger partial charge < -0.3 is 13.9 Å². The molecule has 0 aliphatic heterocycles. The zero-order valence-corrected chi connectivity index (χ0v) is 26.5. The number of unbranched alkanes of at least 4 members (excludes halogenated alkanes) is 2. The Labute approximate surface area is 239 Å². The van der Waals surface area contributed by atoms with Crippen LogP contribution in [0.3, 0.4) is 0 Å². The molecule has 1 aliphatic carbocycles. The molecule has 2 rings (SSSR count). The van der Waals surface area contributed by atoms with Crippen molar-refractivity contribution in [3.05, 3.63) is 77.9 Å². The van der Waals surface area contributed by atoms with E-state index in [0.29, 0.717) is 6.61 Å². The Kier molecular flexibility index (Phi) is 14.2. The number of methoxy groups -OCH3 is 1. The molecule has 0 saturated carbocycles. The van der Waals surface area contributed by atoms with Crippen molar-refractivity contribution in [3.8, 4) is 5.75 Å². The summed E-state index contributed by atoms with van der Waals surface area (Å²) in [5, 5.41) is 0.160. The van der Waals surface area contributed by atoms with Gasteiger partial charge in [0.05, 0.1) is 19.8 Å². The number of hydrogen-bond acceptors (Lipinski definition) is 4. The van der Waals surface area contributed by atoms with E-state index < -0.39 is 8.32 Å². The molecule has 0 N–H and O–H groups in total. The second-order valence-electron chi connectivity index (χ2n) is 11.9. The number of carbonyl (C=O) groups excluding carboxylic acids is 1. The standard InChI is InChI=1S/C34H52O4Si/c1-8-9-13-17-31(38-39(6,7)34(2,3)4)23-24-32-29(20-25-33(32)35)16-14-11-10-12-15-26-37-27-28-18-21-30(36-5)22-19-28/h9,11,13-14,18-22,24-25,29,31H,8,10,12,15-17,23,26-27H2,1-7H3/b13-9-,14-11-,32-24+/t29-,31-/m0/s1. The second-order valence-corrected chi connectivity index (χ2v) is 16.7. The number of ketones is 1. The van der Waals surface area contributed by atoms with Gasteiger partial charge >= 0.3 is 0 Å². The molecule has 216 valence electrons. The molecular weight excluding hydrogens is 500 g/mol. The summed E-state index contributed by atoms with van der Waals surface area (Å²) in [5.74, 6) is 1.18. The first-order valence-corrected chi connectivity index (χ1v) is 17.6. The lowest BCUT2D eigenvalue weighted by Gasteiger charge is -2.39. The molecule has 0 bridgehead atoms. The van der Waals surface area contributed by atoms with Crippen molar-refractivity contribution in [2.45, 2.75) is 103 Å². The van der Waals surface area contributed by atoms with Crippen molar-refractivity contribution < 1.29 is 18.7 Å². The Balaban J connectivity index is 1.78. The second kappa shape index (κ2) is 16.8. The first-order chi connectivity index (χ1) is 18.6. The third kappa shape index (κ3) is 11.8. The van der Waals surface area contributed by atoms with Crippen molar-refractivity contribution in [3.63, 3.8) is 0 Å². The third-order valence-electron chi connectivity index (χ3n) is 7.73. The van der Waals surface area contributed by atoms with Crippen LogP contribution in [0.2, 0.25) is 18.1 Å². The molecule has 0 aromatic heterocycles. The average molecular weight is 553 g/mol. The summed E-state index contributed by atoms with van der Waals surface area (Å²) < 4.78 is 17.7. The molecule has 5 heteroatoms. The van der Waals surface area contributed by atoms with Crippen LogP contribution < -0.4 is 4.74 Å². The van der Waals surface area contributed by atoms with Gasteiger partial charge in [-0.1, -0.05) is 76.3 Å². The Morgan fingerprint density at radius 3 is 2.41 bits per heavy atom. The van der Waals surface area contributed by atoms with Crippen LogP contribution in [0.4, 0.5) is 0 Å². The van der Waals surface area contributed by atoms with E-state index in [1.165, 1.54) is 0 Å². The average Bonchev–Trinajstić information content (AvgIpc) is 3.24. The van der Waals surface area contributed by atoms with E-state index in [9.17, 15) is 4.79 Å². The first-order valence-electron chi connectivity index (χ1n) is 14.7. The summed E-state index contributed by atoms with van der Waals surface area (Å²) in [4.78, 5) is 12.6. The molecule has 0 unspecified atom stereocenters. The van der Waals surface area contributed by atoms with Crippen molar-refractivity contribution in [2.24, 2.45) is 5.92 Å². The monoisotopic (exact) mass is 552 g/mol. The maximum absolute atomic E-state index is 12.6. The van der Waals surface area contributed by atoms with Crippen LogP contribution in [0, 0.1) is 5.92 Å². The molecule has 0 fully saturated rings. The largest absolute Gasteiger partial charge is 0.497 e. The summed E-state index contributed by atoms with van der Waals surface area (Å²) in [6.07, 6.45) is 21.7. The van der Waals surface area contributed by atoms with E-state index in [-0.39, 0.29) is 22.8 Å². The summed E-state index contributed by atoms with van der Waals surface area (Å²) in [6.45, 7) is 15.0. The van der Waals surface area contributed by atoms with Crippen molar-refractivity contribution in [1.82, 2.24) is 0 Å². The van der Waals surface area contributed by atoms with Gasteiger partial charge in [-0.05, 0) is 86.9 Å². The molecule has 0 saturated heterocycles. The van der Waals surface area contributed by atoms with Gasteiger partial charge in [-0.15, -0.1) is 0 Å². The van der Waals surface area contributed by atoms with E-state index in [1.54, 1.807) is 13.2 Å². The minimum atomic E-state index is -1.89. The highest BCUT2D eigenvalue weighted by Gasteiger charge is 2.38. The van der Waals surface area contributed by atoms with Crippen molar-refractivity contribution >= 4 is 14.1 Å². The van der Waals surface area contributed by atoms with E-state index in [2.05, 4.69) is 77.2 Å². The number of carbonyl (C=O) groups is 1. The van der Waals surface area contributed by atoms with Crippen LogP contribution in [0.15, 0.2) is 72.4 Å². The third-order valence-corrected chi connectivity index (χ3v) is 12.3. The van der Waals surface area contributed by atoms with E-state index in [1.807, 2.05) is 24.3 Å². The number of ether oxygens (including phenoxy) is 2. The zero-order valence-electron chi connectivity index (χ0n) is 25.5. The molecule has 0 heterocycles. The van der Waals surface area contributed by atoms with Gasteiger partial charge in [0.2, 0.25) is 0 Å². The smallest absolute Gasteiger partial charge is 0.192 e. The summed E-state index contributed by atoms with van der Waals surface area (Å²) in [5.41, 5.74) is 2.09. The molecule has 0 radical (unpaired) electrons. The fourth-order valence-corrected chi connectivity index (χ4v) is 5.62. The number of benzene rings is 1. The molecule has 1 aromatic carbocycles. The molecule has 0 amide bonds.